The molecule has 1 aromatic rings. The summed E-state index contributed by atoms with van der Waals surface area (Å²) in [6, 6.07) is 11.3. The summed E-state index contributed by atoms with van der Waals surface area (Å²) in [5.74, 6) is 2.14. The lowest BCUT2D eigenvalue weighted by molar-refractivity contribution is -0.207. The first-order valence-corrected chi connectivity index (χ1v) is 19.8. The molecule has 5 fully saturated rings. The summed E-state index contributed by atoms with van der Waals surface area (Å²) >= 11 is 0. The third kappa shape index (κ3) is 6.71. The van der Waals surface area contributed by atoms with Gasteiger partial charge in [0.1, 0.15) is 5.69 Å². The standard InChI is InChI=1S/C41H66N2O4/c1-5-6-7-11-22-43(31-12-9-8-10-13-31)23-19-30(20-24-43)42-38(47)17-14-28(2)33-15-16-34-39-35(27-37(46)41(33,34)4)40(3)21-18-32(44)25-29(40)26-36(39)45/h8-10,12-13,28-30,32-37,39,44-46H,5-7,11,14-27H2,1-4H3/p+1/t28-,29+,30?,32-,33-,34+,35+,36-,37+,39+,40+,41-,43?/m1/s1. The van der Waals surface area contributed by atoms with Crippen molar-refractivity contribution >= 4 is 11.6 Å². The summed E-state index contributed by atoms with van der Waals surface area (Å²) < 4.78 is 1.05. The number of hydrogen-bond donors (Lipinski definition) is 4. The highest BCUT2D eigenvalue weighted by atomic mass is 16.3. The van der Waals surface area contributed by atoms with E-state index in [1.807, 2.05) is 0 Å². The number of rotatable bonds is 11. The molecule has 0 unspecified atom stereocenters. The maximum atomic E-state index is 13.3. The molecule has 6 rings (SSSR count). The van der Waals surface area contributed by atoms with Gasteiger partial charge < -0.3 is 20.6 Å². The fraction of sp³-hybridized carbons (Fsp3) is 0.829. The molecule has 264 valence electrons. The lowest BCUT2D eigenvalue weighted by atomic mass is 9.43. The van der Waals surface area contributed by atoms with E-state index in [4.69, 9.17) is 0 Å². The van der Waals surface area contributed by atoms with E-state index >= 15 is 0 Å². The van der Waals surface area contributed by atoms with Gasteiger partial charge in [0.15, 0.2) is 0 Å². The van der Waals surface area contributed by atoms with Crippen molar-refractivity contribution in [3.05, 3.63) is 30.3 Å². The van der Waals surface area contributed by atoms with Crippen molar-refractivity contribution in [3.63, 3.8) is 0 Å². The average Bonchev–Trinajstić information content (AvgIpc) is 3.43. The third-order valence-corrected chi connectivity index (χ3v) is 15.3. The van der Waals surface area contributed by atoms with Crippen LogP contribution in [-0.2, 0) is 4.79 Å². The molecule has 11 atom stereocenters. The first kappa shape index (κ1) is 35.4. The summed E-state index contributed by atoms with van der Waals surface area (Å²) in [6.45, 7) is 12.7. The maximum Gasteiger partial charge on any atom is 0.220 e. The van der Waals surface area contributed by atoms with Gasteiger partial charge >= 0.3 is 0 Å². The number of quaternary nitrogens is 1. The van der Waals surface area contributed by atoms with Crippen LogP contribution in [0.25, 0.3) is 0 Å². The van der Waals surface area contributed by atoms with Crippen molar-refractivity contribution < 1.29 is 20.1 Å². The van der Waals surface area contributed by atoms with Crippen LogP contribution in [0.1, 0.15) is 124 Å². The van der Waals surface area contributed by atoms with Crippen LogP contribution in [0.5, 0.6) is 0 Å². The number of aliphatic hydroxyl groups is 3. The van der Waals surface area contributed by atoms with Crippen molar-refractivity contribution in [2.45, 2.75) is 148 Å². The van der Waals surface area contributed by atoms with Crippen LogP contribution >= 0.6 is 0 Å². The zero-order valence-corrected chi connectivity index (χ0v) is 30.1. The molecule has 5 aliphatic rings. The Hall–Kier alpha value is -1.47. The molecule has 0 radical (unpaired) electrons. The Bertz CT molecular complexity index is 1190. The van der Waals surface area contributed by atoms with Crippen molar-refractivity contribution in [3.8, 4) is 0 Å². The van der Waals surface area contributed by atoms with Gasteiger partial charge in [0.25, 0.3) is 0 Å². The zero-order valence-electron chi connectivity index (χ0n) is 30.1. The number of unbranched alkanes of at least 4 members (excludes halogenated alkanes) is 3. The van der Waals surface area contributed by atoms with Gasteiger partial charge in [0.2, 0.25) is 5.91 Å². The normalized spacial score (nSPS) is 43.8. The van der Waals surface area contributed by atoms with E-state index in [0.29, 0.717) is 36.0 Å². The summed E-state index contributed by atoms with van der Waals surface area (Å²) in [4.78, 5) is 13.3. The van der Waals surface area contributed by atoms with Crippen LogP contribution in [0, 0.1) is 46.3 Å². The van der Waals surface area contributed by atoms with E-state index in [2.05, 4.69) is 63.3 Å². The van der Waals surface area contributed by atoms with Crippen molar-refractivity contribution in [2.24, 2.45) is 46.3 Å². The Morgan fingerprint density at radius 1 is 0.936 bits per heavy atom. The highest BCUT2D eigenvalue weighted by Crippen LogP contribution is 2.68. The SMILES string of the molecule is CCCCCC[N+]1(c2ccccc2)CCC(NC(=O)CC[C@@H](C)[C@H]2CC[C@H]3[C@@H]4[C@H](O)C[C@@H]5C[C@H](O)CC[C@]5(C)[C@H]4C[C@H](O)[C@]23C)CC1. The largest absolute Gasteiger partial charge is 0.393 e. The van der Waals surface area contributed by atoms with Gasteiger partial charge in [-0.3, -0.25) is 9.28 Å². The van der Waals surface area contributed by atoms with E-state index in [9.17, 15) is 20.1 Å². The fourth-order valence-electron chi connectivity index (χ4n) is 12.4. The van der Waals surface area contributed by atoms with Crippen molar-refractivity contribution in [1.29, 1.82) is 0 Å². The number of likely N-dealkylation sites (tertiary alicyclic amines) is 1. The summed E-state index contributed by atoms with van der Waals surface area (Å²) in [5, 5.41) is 37.4. The molecule has 0 spiro atoms. The smallest absolute Gasteiger partial charge is 0.220 e. The van der Waals surface area contributed by atoms with E-state index < -0.39 is 0 Å². The number of hydrogen-bond acceptors (Lipinski definition) is 4. The van der Waals surface area contributed by atoms with E-state index in [-0.39, 0.29) is 47.0 Å². The molecule has 1 aromatic carbocycles. The Kier molecular flexibility index (Phi) is 10.8. The molecule has 0 aromatic heterocycles. The summed E-state index contributed by atoms with van der Waals surface area (Å²) in [5.41, 5.74) is 1.31. The van der Waals surface area contributed by atoms with E-state index in [1.165, 1.54) is 37.9 Å². The number of amides is 1. The number of fused-ring (bicyclic) bond motifs is 5. The highest BCUT2D eigenvalue weighted by molar-refractivity contribution is 5.76. The van der Waals surface area contributed by atoms with Gasteiger partial charge in [-0.05, 0) is 123 Å². The maximum absolute atomic E-state index is 13.3. The average molecular weight is 652 g/mol. The van der Waals surface area contributed by atoms with E-state index in [0.717, 1.165) is 81.8 Å². The molecule has 47 heavy (non-hydrogen) atoms. The Balaban J connectivity index is 1.03. The molecule has 0 bridgehead atoms. The second-order valence-electron chi connectivity index (χ2n) is 17.6. The van der Waals surface area contributed by atoms with E-state index in [1.54, 1.807) is 0 Å². The van der Waals surface area contributed by atoms with Crippen LogP contribution in [0.2, 0.25) is 0 Å². The molecule has 4 saturated carbocycles. The number of aliphatic hydroxyl groups excluding tert-OH is 3. The van der Waals surface area contributed by atoms with Crippen molar-refractivity contribution in [1.82, 2.24) is 9.80 Å². The monoisotopic (exact) mass is 652 g/mol. The van der Waals surface area contributed by atoms with Gasteiger partial charge in [-0.2, -0.15) is 0 Å². The number of nitrogens with one attached hydrogen (secondary N) is 1. The lowest BCUT2D eigenvalue weighted by Crippen LogP contribution is -2.62. The molecular formula is C41H67N2O4+. The number of para-hydroxylation sites is 1. The highest BCUT2D eigenvalue weighted by Gasteiger charge is 2.65. The van der Waals surface area contributed by atoms with Crippen LogP contribution < -0.4 is 9.80 Å². The van der Waals surface area contributed by atoms with Crippen LogP contribution in [-0.4, -0.2) is 65.2 Å². The molecule has 4 N–H and O–H groups in total. The summed E-state index contributed by atoms with van der Waals surface area (Å²) in [6.07, 6.45) is 14.0. The first-order valence-electron chi connectivity index (χ1n) is 19.8. The van der Waals surface area contributed by atoms with Gasteiger partial charge in [0.05, 0.1) is 37.9 Å². The molecule has 1 saturated heterocycles. The second kappa shape index (κ2) is 14.4. The first-order chi connectivity index (χ1) is 22.5. The van der Waals surface area contributed by atoms with Gasteiger partial charge in [-0.15, -0.1) is 0 Å². The lowest BCUT2D eigenvalue weighted by Gasteiger charge is -2.63. The fourth-order valence-corrected chi connectivity index (χ4v) is 12.4. The number of piperidine rings is 1. The molecule has 1 heterocycles. The predicted molar refractivity (Wildman–Crippen MR) is 191 cm³/mol. The number of carbonyl (C=O) groups is 1. The quantitative estimate of drug-likeness (QED) is 0.150. The van der Waals surface area contributed by atoms with Gasteiger partial charge in [-0.25, -0.2) is 0 Å². The number of nitrogens with zero attached hydrogens (tertiary/aromatic N) is 1. The number of carbonyl (C=O) groups excluding carboxylic acids is 1. The van der Waals surface area contributed by atoms with Crippen molar-refractivity contribution in [2.75, 3.05) is 19.6 Å². The Morgan fingerprint density at radius 3 is 2.40 bits per heavy atom. The molecule has 6 heteroatoms. The minimum atomic E-state index is -0.376. The molecule has 1 amide bonds. The number of benzene rings is 1. The minimum absolute atomic E-state index is 0.0983. The Labute approximate surface area is 285 Å². The van der Waals surface area contributed by atoms with Gasteiger partial charge in [0, 0.05) is 25.3 Å². The molecule has 1 aliphatic heterocycles. The predicted octanol–water partition coefficient (Wildman–Crippen LogP) is 7.23. The van der Waals surface area contributed by atoms with Crippen LogP contribution in [0.4, 0.5) is 5.69 Å². The topological polar surface area (TPSA) is 89.8 Å². The van der Waals surface area contributed by atoms with Gasteiger partial charge in [-0.1, -0.05) is 58.7 Å². The zero-order chi connectivity index (χ0) is 33.4. The second-order valence-corrected chi connectivity index (χ2v) is 17.6. The molecule has 6 nitrogen and oxygen atoms in total. The van der Waals surface area contributed by atoms with Crippen LogP contribution in [0.15, 0.2) is 30.3 Å². The minimum Gasteiger partial charge on any atom is -0.393 e. The molecule has 4 aliphatic carbocycles. The van der Waals surface area contributed by atoms with Crippen LogP contribution in [0.3, 0.4) is 0 Å². The molecular weight excluding hydrogens is 584 g/mol. The Morgan fingerprint density at radius 2 is 1.68 bits per heavy atom. The third-order valence-electron chi connectivity index (χ3n) is 15.3. The summed E-state index contributed by atoms with van der Waals surface area (Å²) in [7, 11) is 0.